The van der Waals surface area contributed by atoms with Crippen molar-refractivity contribution in [1.29, 1.82) is 0 Å². The fourth-order valence-electron chi connectivity index (χ4n) is 0.738. The van der Waals surface area contributed by atoms with E-state index < -0.39 is 4.52 Å². The smallest absolute Gasteiger partial charge is 0.311 e. The van der Waals surface area contributed by atoms with Crippen LogP contribution < -0.4 is 9.57 Å². The lowest BCUT2D eigenvalue weighted by molar-refractivity contribution is 0.307. The van der Waals surface area contributed by atoms with Crippen molar-refractivity contribution in [2.75, 3.05) is 0 Å². The van der Waals surface area contributed by atoms with Crippen molar-refractivity contribution in [1.82, 2.24) is 4.84 Å². The summed E-state index contributed by atoms with van der Waals surface area (Å²) in [7, 11) is 0. The molecule has 6 heteroatoms. The third-order valence-corrected chi connectivity index (χ3v) is 2.79. The molecule has 1 aromatic rings. The van der Waals surface area contributed by atoms with Crippen LogP contribution in [0.15, 0.2) is 30.3 Å². The van der Waals surface area contributed by atoms with E-state index in [0.717, 1.165) is 0 Å². The van der Waals surface area contributed by atoms with E-state index in [1.54, 1.807) is 24.3 Å². The number of benzene rings is 1. The van der Waals surface area contributed by atoms with Crippen LogP contribution in [0, 0.1) is 0 Å². The molecule has 0 saturated carbocycles. The molecule has 0 fully saturated rings. The first-order chi connectivity index (χ1) is 6.56. The molecule has 0 aliphatic carbocycles. The Morgan fingerprint density at radius 3 is 2.36 bits per heavy atom. The van der Waals surface area contributed by atoms with E-state index in [1.165, 1.54) is 0 Å². The van der Waals surface area contributed by atoms with Crippen molar-refractivity contribution in [2.24, 2.45) is 0 Å². The van der Waals surface area contributed by atoms with E-state index in [4.69, 9.17) is 51.9 Å². The van der Waals surface area contributed by atoms with Crippen LogP contribution >= 0.6 is 47.2 Å². The molecule has 0 aromatic heterocycles. The first-order valence-corrected chi connectivity index (χ1v) is 5.13. The van der Waals surface area contributed by atoms with Crippen molar-refractivity contribution in [3.63, 3.8) is 0 Å². The predicted molar refractivity (Wildman–Crippen MR) is 63.1 cm³/mol. The number of hydrogen-bond donors (Lipinski definition) is 1. The first-order valence-electron chi connectivity index (χ1n) is 3.59. The van der Waals surface area contributed by atoms with Gasteiger partial charge in [-0.05, 0) is 35.3 Å². The highest BCUT2D eigenvalue weighted by molar-refractivity contribution is 7.80. The van der Waals surface area contributed by atoms with Gasteiger partial charge >= 0.3 is 4.52 Å². The number of hydrogen-bond acceptors (Lipinski definition) is 2. The van der Waals surface area contributed by atoms with Crippen LogP contribution in [0.25, 0.3) is 0 Å². The van der Waals surface area contributed by atoms with Crippen molar-refractivity contribution >= 4 is 52.2 Å². The number of para-hydroxylation sites is 1. The van der Waals surface area contributed by atoms with Gasteiger partial charge in [0.25, 0.3) is 0 Å². The van der Waals surface area contributed by atoms with Gasteiger partial charge in [-0.15, -0.1) is 0 Å². The maximum Gasteiger partial charge on any atom is 0.311 e. The third kappa shape index (κ3) is 3.17. The highest BCUT2D eigenvalue weighted by Gasteiger charge is 2.32. The summed E-state index contributed by atoms with van der Waals surface area (Å²) in [5, 5.41) is 0. The van der Waals surface area contributed by atoms with Gasteiger partial charge in [0, 0.05) is 11.8 Å². The van der Waals surface area contributed by atoms with E-state index >= 15 is 0 Å². The lowest BCUT2D eigenvalue weighted by atomic mass is 10.3. The molecule has 2 nitrogen and oxygen atoms in total. The molecule has 0 unspecified atom stereocenters. The normalized spacial score (nSPS) is 10.8. The molecular formula is C8H6Cl3NOS. The molecule has 0 spiro atoms. The van der Waals surface area contributed by atoms with E-state index in [2.05, 4.69) is 4.84 Å². The van der Waals surface area contributed by atoms with Crippen LogP contribution in [0.5, 0.6) is 5.75 Å². The van der Waals surface area contributed by atoms with E-state index in [-0.39, 0.29) is 4.99 Å². The molecule has 1 N–H and O–H groups in total. The van der Waals surface area contributed by atoms with Crippen LogP contribution in [0.3, 0.4) is 0 Å². The van der Waals surface area contributed by atoms with Gasteiger partial charge in [-0.2, -0.15) is 0 Å². The number of nitrogens with one attached hydrogen (secondary N) is 1. The number of alkyl halides is 2. The third-order valence-electron chi connectivity index (χ3n) is 1.34. The maximum absolute atomic E-state index is 5.78. The summed E-state index contributed by atoms with van der Waals surface area (Å²) in [6.07, 6.45) is 0. The van der Waals surface area contributed by atoms with Crippen LogP contribution in [0.1, 0.15) is 0 Å². The Hall–Kier alpha value is -0.220. The van der Waals surface area contributed by atoms with Gasteiger partial charge in [-0.25, -0.2) is 0 Å². The standard InChI is InChI=1S/C8H6Cl3NOS/c9-8(10,7(14)12-11)13-6-4-2-1-3-5-6/h1-5H,(H,12,14). The average Bonchev–Trinajstić information content (AvgIpc) is 2.17. The molecule has 0 heterocycles. The molecular weight excluding hydrogens is 265 g/mol. The zero-order valence-electron chi connectivity index (χ0n) is 6.84. The van der Waals surface area contributed by atoms with Crippen LogP contribution in [0.2, 0.25) is 0 Å². The van der Waals surface area contributed by atoms with E-state index in [0.29, 0.717) is 5.75 Å². The Labute approximate surface area is 102 Å². The second kappa shape index (κ2) is 5.03. The van der Waals surface area contributed by atoms with E-state index in [1.807, 2.05) is 6.07 Å². The summed E-state index contributed by atoms with van der Waals surface area (Å²) in [5.74, 6) is 0.506. The molecule has 14 heavy (non-hydrogen) atoms. The summed E-state index contributed by atoms with van der Waals surface area (Å²) >= 11 is 21.6. The Balaban J connectivity index is 2.73. The zero-order chi connectivity index (χ0) is 10.6. The highest BCUT2D eigenvalue weighted by Crippen LogP contribution is 2.27. The van der Waals surface area contributed by atoms with Gasteiger partial charge in [0.15, 0.2) is 4.99 Å². The molecule has 0 aliphatic heterocycles. The minimum Gasteiger partial charge on any atom is -0.452 e. The molecule has 0 saturated heterocycles. The lowest BCUT2D eigenvalue weighted by Crippen LogP contribution is -2.37. The Morgan fingerprint density at radius 2 is 1.86 bits per heavy atom. The fraction of sp³-hybridized carbons (Fsp3) is 0.125. The SMILES string of the molecule is S=C(NCl)C(Cl)(Cl)Oc1ccccc1. The number of rotatable bonds is 3. The van der Waals surface area contributed by atoms with Crippen LogP contribution in [0.4, 0.5) is 0 Å². The molecule has 0 radical (unpaired) electrons. The molecule has 0 atom stereocenters. The molecule has 0 aliphatic rings. The number of thiocarbonyl (C=S) groups is 1. The van der Waals surface area contributed by atoms with Crippen LogP contribution in [-0.4, -0.2) is 9.51 Å². The second-order valence-corrected chi connectivity index (χ2v) is 4.21. The van der Waals surface area contributed by atoms with Crippen LogP contribution in [-0.2, 0) is 0 Å². The van der Waals surface area contributed by atoms with Crippen molar-refractivity contribution in [3.05, 3.63) is 30.3 Å². The number of ether oxygens (including phenoxy) is 1. The Morgan fingerprint density at radius 1 is 1.29 bits per heavy atom. The largest absolute Gasteiger partial charge is 0.452 e. The van der Waals surface area contributed by atoms with E-state index in [9.17, 15) is 0 Å². The van der Waals surface area contributed by atoms with Crippen molar-refractivity contribution in [3.8, 4) is 5.75 Å². The summed E-state index contributed by atoms with van der Waals surface area (Å²) in [6, 6.07) is 8.83. The summed E-state index contributed by atoms with van der Waals surface area (Å²) in [6.45, 7) is 0. The summed E-state index contributed by atoms with van der Waals surface area (Å²) < 4.78 is 3.54. The Kier molecular flexibility index (Phi) is 4.26. The molecule has 76 valence electrons. The van der Waals surface area contributed by atoms with Crippen molar-refractivity contribution in [2.45, 2.75) is 4.52 Å². The predicted octanol–water partition coefficient (Wildman–Crippen LogP) is 3.27. The fourth-order valence-corrected chi connectivity index (χ4v) is 1.28. The summed E-state index contributed by atoms with van der Waals surface area (Å²) in [5.41, 5.74) is 0. The minimum absolute atomic E-state index is 0.00801. The quantitative estimate of drug-likeness (QED) is 0.517. The molecule has 0 amide bonds. The maximum atomic E-state index is 5.78. The average molecular weight is 271 g/mol. The lowest BCUT2D eigenvalue weighted by Gasteiger charge is -2.20. The second-order valence-electron chi connectivity index (χ2n) is 2.36. The van der Waals surface area contributed by atoms with Gasteiger partial charge in [-0.3, -0.25) is 4.84 Å². The molecule has 0 bridgehead atoms. The van der Waals surface area contributed by atoms with Gasteiger partial charge in [0.05, 0.1) is 0 Å². The zero-order valence-corrected chi connectivity index (χ0v) is 9.92. The van der Waals surface area contributed by atoms with Gasteiger partial charge < -0.3 is 4.74 Å². The molecule has 1 aromatic carbocycles. The molecule has 1 rings (SSSR count). The summed E-state index contributed by atoms with van der Waals surface area (Å²) in [4.78, 5) is 2.13. The van der Waals surface area contributed by atoms with Crippen molar-refractivity contribution < 1.29 is 4.74 Å². The number of halogens is 3. The first kappa shape index (κ1) is 11.9. The monoisotopic (exact) mass is 269 g/mol. The minimum atomic E-state index is -1.65. The van der Waals surface area contributed by atoms with Gasteiger partial charge in [-0.1, -0.05) is 30.4 Å². The van der Waals surface area contributed by atoms with Gasteiger partial charge in [0.2, 0.25) is 0 Å². The Bertz CT molecular complexity index is 318. The topological polar surface area (TPSA) is 21.3 Å². The van der Waals surface area contributed by atoms with Gasteiger partial charge in [0.1, 0.15) is 5.75 Å². The highest BCUT2D eigenvalue weighted by atomic mass is 35.5.